The molecule has 3 aromatic rings. The molecule has 0 saturated heterocycles. The van der Waals surface area contributed by atoms with E-state index < -0.39 is 0 Å². The maximum Gasteiger partial charge on any atom is 0.213 e. The van der Waals surface area contributed by atoms with Crippen LogP contribution in [0.4, 0.5) is 0 Å². The molecule has 3 rings (SSSR count). The molecular weight excluding hydrogens is 328 g/mol. The summed E-state index contributed by atoms with van der Waals surface area (Å²) in [6, 6.07) is 10.1. The fraction of sp³-hybridized carbons (Fsp3) is 0.400. The van der Waals surface area contributed by atoms with Gasteiger partial charge in [-0.05, 0) is 12.1 Å². The van der Waals surface area contributed by atoms with E-state index in [1.165, 1.54) is 0 Å². The van der Waals surface area contributed by atoms with E-state index in [1.807, 2.05) is 18.2 Å². The van der Waals surface area contributed by atoms with Crippen LogP contribution >= 0.6 is 0 Å². The van der Waals surface area contributed by atoms with E-state index in [0.717, 1.165) is 35.5 Å². The third kappa shape index (κ3) is 4.45. The monoisotopic (exact) mass is 354 g/mol. The molecule has 0 radical (unpaired) electrons. The lowest BCUT2D eigenvalue weighted by Crippen LogP contribution is -2.37. The molecule has 0 bridgehead atoms. The molecule has 0 atom stereocenters. The van der Waals surface area contributed by atoms with E-state index in [-0.39, 0.29) is 5.41 Å². The average Bonchev–Trinajstić information content (AvgIpc) is 3.23. The summed E-state index contributed by atoms with van der Waals surface area (Å²) in [7, 11) is 1.74. The molecule has 6 nitrogen and oxygen atoms in total. The second-order valence-electron chi connectivity index (χ2n) is 7.22. The zero-order valence-electron chi connectivity index (χ0n) is 15.8. The van der Waals surface area contributed by atoms with Gasteiger partial charge in [0.25, 0.3) is 0 Å². The van der Waals surface area contributed by atoms with Crippen LogP contribution in [0.2, 0.25) is 0 Å². The Morgan fingerprint density at radius 3 is 2.65 bits per heavy atom. The second-order valence-corrected chi connectivity index (χ2v) is 7.22. The summed E-state index contributed by atoms with van der Waals surface area (Å²) in [5.74, 6) is 3.19. The molecule has 6 heteroatoms. The lowest BCUT2D eigenvalue weighted by Gasteiger charge is -2.13. The predicted molar refractivity (Wildman–Crippen MR) is 103 cm³/mol. The maximum absolute atomic E-state index is 5.82. The van der Waals surface area contributed by atoms with Gasteiger partial charge in [-0.15, -0.1) is 0 Å². The van der Waals surface area contributed by atoms with Gasteiger partial charge >= 0.3 is 0 Å². The minimum Gasteiger partial charge on any atom is -0.461 e. The van der Waals surface area contributed by atoms with Crippen LogP contribution in [0.25, 0.3) is 11.0 Å². The molecule has 0 aliphatic heterocycles. The maximum atomic E-state index is 5.82. The van der Waals surface area contributed by atoms with Crippen LogP contribution in [0.5, 0.6) is 0 Å². The predicted octanol–water partition coefficient (Wildman–Crippen LogP) is 3.63. The van der Waals surface area contributed by atoms with Crippen molar-refractivity contribution >= 4 is 16.9 Å². The first-order valence-corrected chi connectivity index (χ1v) is 8.83. The normalized spacial score (nSPS) is 12.5. The van der Waals surface area contributed by atoms with Gasteiger partial charge in [0.1, 0.15) is 17.1 Å². The number of benzene rings is 1. The minimum atomic E-state index is -0.0439. The van der Waals surface area contributed by atoms with Crippen molar-refractivity contribution in [1.82, 2.24) is 15.6 Å². The molecule has 0 fully saturated rings. The molecule has 138 valence electrons. The van der Waals surface area contributed by atoms with Gasteiger partial charge in [-0.25, -0.2) is 4.98 Å². The fourth-order valence-electron chi connectivity index (χ4n) is 2.58. The summed E-state index contributed by atoms with van der Waals surface area (Å²) in [6.45, 7) is 7.51. The number of aromatic nitrogens is 1. The van der Waals surface area contributed by atoms with Gasteiger partial charge < -0.3 is 19.5 Å². The Bertz CT molecular complexity index is 853. The van der Waals surface area contributed by atoms with Crippen LogP contribution < -0.4 is 10.6 Å². The number of nitrogens with zero attached hydrogens (tertiary/aromatic N) is 2. The van der Waals surface area contributed by atoms with Crippen LogP contribution in [0.3, 0.4) is 0 Å². The van der Waals surface area contributed by atoms with Gasteiger partial charge in [-0.1, -0.05) is 39.0 Å². The van der Waals surface area contributed by atoms with E-state index in [0.29, 0.717) is 18.4 Å². The molecule has 0 amide bonds. The van der Waals surface area contributed by atoms with Crippen LogP contribution in [0.1, 0.15) is 38.2 Å². The summed E-state index contributed by atoms with van der Waals surface area (Å²) in [6.07, 6.45) is 2.57. The molecule has 0 saturated carbocycles. The van der Waals surface area contributed by atoms with Crippen LogP contribution in [-0.4, -0.2) is 24.5 Å². The Kier molecular flexibility index (Phi) is 5.30. The third-order valence-corrected chi connectivity index (χ3v) is 4.06. The van der Waals surface area contributed by atoms with Crippen molar-refractivity contribution < 1.29 is 8.83 Å². The highest BCUT2D eigenvalue weighted by atomic mass is 16.4. The Hall–Kier alpha value is -2.76. The largest absolute Gasteiger partial charge is 0.461 e. The molecule has 0 unspecified atom stereocenters. The molecule has 2 N–H and O–H groups in total. The number of aliphatic imine (C=N–C) groups is 1. The third-order valence-electron chi connectivity index (χ3n) is 4.06. The summed E-state index contributed by atoms with van der Waals surface area (Å²) in [5, 5.41) is 7.62. The van der Waals surface area contributed by atoms with Crippen molar-refractivity contribution in [1.29, 1.82) is 0 Å². The van der Waals surface area contributed by atoms with Crippen molar-refractivity contribution in [2.75, 3.05) is 13.6 Å². The Labute approximate surface area is 153 Å². The zero-order chi connectivity index (χ0) is 18.6. The minimum absolute atomic E-state index is 0.0439. The Morgan fingerprint density at radius 1 is 1.15 bits per heavy atom. The summed E-state index contributed by atoms with van der Waals surface area (Å²) >= 11 is 0. The number of oxazole rings is 1. The van der Waals surface area contributed by atoms with Gasteiger partial charge in [0, 0.05) is 30.8 Å². The van der Waals surface area contributed by atoms with E-state index in [9.17, 15) is 0 Å². The summed E-state index contributed by atoms with van der Waals surface area (Å²) in [5.41, 5.74) is 0.876. The molecule has 0 spiro atoms. The Morgan fingerprint density at radius 2 is 1.96 bits per heavy atom. The number of furan rings is 1. The molecular formula is C20H26N4O2. The first kappa shape index (κ1) is 18.0. The first-order chi connectivity index (χ1) is 12.5. The molecule has 0 aliphatic rings. The van der Waals surface area contributed by atoms with Crippen molar-refractivity contribution in [3.63, 3.8) is 0 Å². The van der Waals surface area contributed by atoms with E-state index in [1.54, 1.807) is 13.2 Å². The lowest BCUT2D eigenvalue weighted by atomic mass is 9.94. The number of rotatable bonds is 5. The van der Waals surface area contributed by atoms with Crippen LogP contribution in [0, 0.1) is 0 Å². The highest BCUT2D eigenvalue weighted by Gasteiger charge is 2.19. The van der Waals surface area contributed by atoms with Gasteiger partial charge in [0.2, 0.25) is 5.89 Å². The Balaban J connectivity index is 1.48. The van der Waals surface area contributed by atoms with Gasteiger partial charge in [0.05, 0.1) is 12.7 Å². The van der Waals surface area contributed by atoms with Crippen molar-refractivity contribution in [3.05, 3.63) is 53.9 Å². The number of para-hydroxylation sites is 1. The summed E-state index contributed by atoms with van der Waals surface area (Å²) < 4.78 is 11.6. The topological polar surface area (TPSA) is 75.6 Å². The lowest BCUT2D eigenvalue weighted by molar-refractivity contribution is 0.379. The number of nitrogens with one attached hydrogen (secondary N) is 2. The van der Waals surface area contributed by atoms with Crippen LogP contribution in [-0.2, 0) is 18.4 Å². The SMILES string of the molecule is CN=C(NCCc1cc2ccccc2o1)NCc1ncc(C(C)(C)C)o1. The van der Waals surface area contributed by atoms with Gasteiger partial charge in [0.15, 0.2) is 5.96 Å². The van der Waals surface area contributed by atoms with E-state index in [2.05, 4.69) is 53.5 Å². The smallest absolute Gasteiger partial charge is 0.213 e. The fourth-order valence-corrected chi connectivity index (χ4v) is 2.58. The van der Waals surface area contributed by atoms with Gasteiger partial charge in [-0.3, -0.25) is 4.99 Å². The average molecular weight is 354 g/mol. The summed E-state index contributed by atoms with van der Waals surface area (Å²) in [4.78, 5) is 8.54. The number of fused-ring (bicyclic) bond motifs is 1. The number of hydrogen-bond acceptors (Lipinski definition) is 4. The molecule has 1 aromatic carbocycles. The van der Waals surface area contributed by atoms with E-state index in [4.69, 9.17) is 8.83 Å². The zero-order valence-corrected chi connectivity index (χ0v) is 15.8. The second kappa shape index (κ2) is 7.64. The van der Waals surface area contributed by atoms with E-state index >= 15 is 0 Å². The highest BCUT2D eigenvalue weighted by molar-refractivity contribution is 5.79. The molecule has 2 aromatic heterocycles. The quantitative estimate of drug-likeness (QED) is 0.540. The molecule has 26 heavy (non-hydrogen) atoms. The van der Waals surface area contributed by atoms with Crippen molar-refractivity contribution in [2.45, 2.75) is 39.2 Å². The van der Waals surface area contributed by atoms with Crippen molar-refractivity contribution in [3.8, 4) is 0 Å². The first-order valence-electron chi connectivity index (χ1n) is 8.83. The highest BCUT2D eigenvalue weighted by Crippen LogP contribution is 2.22. The standard InChI is InChI=1S/C20H26N4O2/c1-20(2,3)17-12-23-18(26-17)13-24-19(21-4)22-10-9-15-11-14-7-5-6-8-16(14)25-15/h5-8,11-12H,9-10,13H2,1-4H3,(H2,21,22,24). The van der Waals surface area contributed by atoms with Gasteiger partial charge in [-0.2, -0.15) is 0 Å². The number of guanidine groups is 1. The van der Waals surface area contributed by atoms with Crippen molar-refractivity contribution in [2.24, 2.45) is 4.99 Å². The van der Waals surface area contributed by atoms with Crippen LogP contribution in [0.15, 0.2) is 50.4 Å². The molecule has 0 aliphatic carbocycles. The molecule has 2 heterocycles. The number of hydrogen-bond donors (Lipinski definition) is 2.